The number of carbonyl (C=O) groups excluding carboxylic acids is 2. The summed E-state index contributed by atoms with van der Waals surface area (Å²) in [6.45, 7) is 7.53. The number of aromatic hydroxyl groups is 2. The first kappa shape index (κ1) is 31.5. The summed E-state index contributed by atoms with van der Waals surface area (Å²) >= 11 is 0. The lowest BCUT2D eigenvalue weighted by Gasteiger charge is -2.12. The first-order chi connectivity index (χ1) is 22.9. The molecule has 2 N–H and O–H groups in total. The number of phenols is 2. The smallest absolute Gasteiger partial charge is 0.273 e. The van der Waals surface area contributed by atoms with Crippen LogP contribution in [-0.2, 0) is 6.42 Å². The Kier molecular flexibility index (Phi) is 8.11. The van der Waals surface area contributed by atoms with Crippen molar-refractivity contribution in [1.29, 1.82) is 0 Å². The highest BCUT2D eigenvalue weighted by atomic mass is 16.6. The second kappa shape index (κ2) is 12.4. The van der Waals surface area contributed by atoms with E-state index in [1.807, 2.05) is 45.9 Å². The minimum Gasteiger partial charge on any atom is -0.506 e. The van der Waals surface area contributed by atoms with Crippen LogP contribution in [0.15, 0.2) is 79.1 Å². The first-order valence-corrected chi connectivity index (χ1v) is 14.8. The molecule has 6 aromatic rings. The number of carbonyl (C=O) groups is 2. The monoisotopic (exact) mass is 643 g/mol. The first-order valence-electron chi connectivity index (χ1n) is 14.8. The molecule has 48 heavy (non-hydrogen) atoms. The molecule has 13 nitrogen and oxygen atoms in total. The Morgan fingerprint density at radius 1 is 0.708 bits per heavy atom. The molecule has 0 bridgehead atoms. The van der Waals surface area contributed by atoms with Gasteiger partial charge in [-0.3, -0.25) is 19.7 Å². The predicted octanol–water partition coefficient (Wildman–Crippen LogP) is 5.45. The quantitative estimate of drug-likeness (QED) is 0.117. The summed E-state index contributed by atoms with van der Waals surface area (Å²) < 4.78 is 2.56. The van der Waals surface area contributed by atoms with E-state index < -0.39 is 10.7 Å². The third-order valence-electron chi connectivity index (χ3n) is 7.73. The number of benzene rings is 4. The lowest BCUT2D eigenvalue weighted by atomic mass is 9.96. The molecule has 6 rings (SSSR count). The Hall–Kier alpha value is -6.50. The summed E-state index contributed by atoms with van der Waals surface area (Å²) in [5.41, 5.74) is 6.36. The molecule has 4 aromatic carbocycles. The SMILES string of the molecule is Cc1cc(Cc2cc(C)c(-n3cc(C(=O)c4cc(C)cc(C)c4)nn3)c(O)c2)cc(C(=O)c2cn(-c3ccc([N+](=O)[O-])cc3O)nn2)c1. The number of hydrogen-bond donors (Lipinski definition) is 2. The predicted molar refractivity (Wildman–Crippen MR) is 174 cm³/mol. The van der Waals surface area contributed by atoms with Crippen LogP contribution in [-0.4, -0.2) is 56.7 Å². The minimum absolute atomic E-state index is 0.0189. The summed E-state index contributed by atoms with van der Waals surface area (Å²) in [6, 6.07) is 18.0. The Labute approximate surface area is 273 Å². The molecular weight excluding hydrogens is 614 g/mol. The zero-order valence-electron chi connectivity index (χ0n) is 26.4. The Balaban J connectivity index is 1.22. The van der Waals surface area contributed by atoms with E-state index in [0.29, 0.717) is 28.8 Å². The van der Waals surface area contributed by atoms with E-state index in [1.54, 1.807) is 30.3 Å². The van der Waals surface area contributed by atoms with Crippen LogP contribution in [0.5, 0.6) is 11.5 Å². The van der Waals surface area contributed by atoms with Gasteiger partial charge in [-0.05, 0) is 87.2 Å². The highest BCUT2D eigenvalue weighted by Gasteiger charge is 2.20. The molecule has 13 heteroatoms. The number of nitro benzene ring substituents is 1. The number of nitrogens with zero attached hydrogens (tertiary/aromatic N) is 7. The van der Waals surface area contributed by atoms with E-state index in [1.165, 1.54) is 33.9 Å². The van der Waals surface area contributed by atoms with Crippen LogP contribution in [0.2, 0.25) is 0 Å². The van der Waals surface area contributed by atoms with Gasteiger partial charge in [0.1, 0.15) is 22.9 Å². The number of ketones is 2. The van der Waals surface area contributed by atoms with Gasteiger partial charge in [0.05, 0.1) is 23.4 Å². The van der Waals surface area contributed by atoms with Crippen LogP contribution in [0.3, 0.4) is 0 Å². The van der Waals surface area contributed by atoms with Gasteiger partial charge >= 0.3 is 0 Å². The Morgan fingerprint density at radius 3 is 1.88 bits per heavy atom. The van der Waals surface area contributed by atoms with Gasteiger partial charge in [0.25, 0.3) is 5.69 Å². The molecular formula is C35H29N7O6. The zero-order valence-corrected chi connectivity index (χ0v) is 26.4. The molecule has 0 atom stereocenters. The lowest BCUT2D eigenvalue weighted by Crippen LogP contribution is -2.04. The van der Waals surface area contributed by atoms with Crippen molar-refractivity contribution in [3.05, 3.63) is 145 Å². The van der Waals surface area contributed by atoms with E-state index in [0.717, 1.165) is 33.9 Å². The van der Waals surface area contributed by atoms with Crippen LogP contribution in [0, 0.1) is 37.8 Å². The molecule has 0 saturated heterocycles. The van der Waals surface area contributed by atoms with Crippen molar-refractivity contribution in [3.63, 3.8) is 0 Å². The second-order valence-corrected chi connectivity index (χ2v) is 11.7. The van der Waals surface area contributed by atoms with Crippen LogP contribution >= 0.6 is 0 Å². The number of phenolic OH excluding ortho intramolecular Hbond substituents is 2. The third kappa shape index (κ3) is 6.29. The third-order valence-corrected chi connectivity index (χ3v) is 7.73. The van der Waals surface area contributed by atoms with Crippen molar-refractivity contribution in [2.45, 2.75) is 34.1 Å². The summed E-state index contributed by atoms with van der Waals surface area (Å²) in [6.07, 6.45) is 3.24. The Morgan fingerprint density at radius 2 is 1.27 bits per heavy atom. The molecule has 0 aliphatic carbocycles. The average Bonchev–Trinajstić information content (AvgIpc) is 3.70. The molecule has 0 unspecified atom stereocenters. The van der Waals surface area contributed by atoms with Crippen LogP contribution in [0.4, 0.5) is 5.69 Å². The number of hydrogen-bond acceptors (Lipinski definition) is 10. The molecule has 0 saturated carbocycles. The molecule has 0 aliphatic heterocycles. The van der Waals surface area contributed by atoms with Gasteiger partial charge in [0, 0.05) is 17.2 Å². The van der Waals surface area contributed by atoms with Gasteiger partial charge in [-0.2, -0.15) is 0 Å². The van der Waals surface area contributed by atoms with Crippen molar-refractivity contribution in [1.82, 2.24) is 30.0 Å². The van der Waals surface area contributed by atoms with Gasteiger partial charge in [0.15, 0.2) is 11.4 Å². The average molecular weight is 644 g/mol. The molecule has 0 spiro atoms. The topological polar surface area (TPSA) is 179 Å². The maximum absolute atomic E-state index is 13.4. The van der Waals surface area contributed by atoms with E-state index in [9.17, 15) is 29.9 Å². The molecule has 0 amide bonds. The van der Waals surface area contributed by atoms with Gasteiger partial charge in [0.2, 0.25) is 11.6 Å². The van der Waals surface area contributed by atoms with Crippen molar-refractivity contribution in [2.75, 3.05) is 0 Å². The standard InChI is InChI=1S/C35H29N7O6/c1-19-7-20(2)10-25(9-19)34(45)29-18-41(39-37-29)33-22(4)12-24(15-32(33)44)13-23-8-21(3)11-26(14-23)35(46)28-17-40(38-36-28)30-6-5-27(42(47)48)16-31(30)43/h5-12,14-18,43-44H,13H2,1-4H3. The van der Waals surface area contributed by atoms with Crippen molar-refractivity contribution >= 4 is 17.3 Å². The van der Waals surface area contributed by atoms with Gasteiger partial charge in [-0.1, -0.05) is 45.3 Å². The number of rotatable bonds is 9. The van der Waals surface area contributed by atoms with E-state index >= 15 is 0 Å². The highest BCUT2D eigenvalue weighted by molar-refractivity contribution is 6.08. The molecule has 240 valence electrons. The molecule has 2 heterocycles. The fourth-order valence-corrected chi connectivity index (χ4v) is 5.75. The largest absolute Gasteiger partial charge is 0.506 e. The number of non-ortho nitro benzene ring substituents is 1. The molecule has 0 radical (unpaired) electrons. The maximum atomic E-state index is 13.4. The van der Waals surface area contributed by atoms with Crippen molar-refractivity contribution in [2.24, 2.45) is 0 Å². The molecule has 2 aromatic heterocycles. The van der Waals surface area contributed by atoms with Crippen LogP contribution in [0.25, 0.3) is 11.4 Å². The summed E-state index contributed by atoms with van der Waals surface area (Å²) in [4.78, 5) is 36.9. The highest BCUT2D eigenvalue weighted by Crippen LogP contribution is 2.30. The second-order valence-electron chi connectivity index (χ2n) is 11.7. The fraction of sp³-hybridized carbons (Fsp3) is 0.143. The van der Waals surface area contributed by atoms with Gasteiger partial charge in [-0.25, -0.2) is 9.36 Å². The lowest BCUT2D eigenvalue weighted by molar-refractivity contribution is -0.384. The number of aryl methyl sites for hydroxylation is 4. The van der Waals surface area contributed by atoms with E-state index in [-0.39, 0.29) is 40.0 Å². The summed E-state index contributed by atoms with van der Waals surface area (Å²) in [5.74, 6) is -1.10. The van der Waals surface area contributed by atoms with Crippen molar-refractivity contribution < 1.29 is 24.7 Å². The minimum atomic E-state index is -0.629. The van der Waals surface area contributed by atoms with Crippen LogP contribution < -0.4 is 0 Å². The summed E-state index contributed by atoms with van der Waals surface area (Å²) in [7, 11) is 0. The van der Waals surface area contributed by atoms with Gasteiger partial charge < -0.3 is 10.2 Å². The maximum Gasteiger partial charge on any atom is 0.273 e. The number of nitro groups is 1. The molecule has 0 fully saturated rings. The van der Waals surface area contributed by atoms with E-state index in [4.69, 9.17) is 0 Å². The Bertz CT molecular complexity index is 2230. The van der Waals surface area contributed by atoms with Crippen molar-refractivity contribution in [3.8, 4) is 22.9 Å². The zero-order chi connectivity index (χ0) is 34.3. The van der Waals surface area contributed by atoms with E-state index in [2.05, 4.69) is 20.6 Å². The summed E-state index contributed by atoms with van der Waals surface area (Å²) in [5, 5.41) is 48.4. The normalized spacial score (nSPS) is 11.1. The van der Waals surface area contributed by atoms with Gasteiger partial charge in [-0.15, -0.1) is 10.2 Å². The number of aromatic nitrogens is 6. The fourth-order valence-electron chi connectivity index (χ4n) is 5.75. The van der Waals surface area contributed by atoms with Crippen LogP contribution in [0.1, 0.15) is 65.5 Å². The molecule has 0 aliphatic rings.